The number of nitrogens with one attached hydrogen (secondary N) is 1. The first-order valence-electron chi connectivity index (χ1n) is 6.16. The molecule has 0 amide bonds. The molecule has 0 saturated heterocycles. The van der Waals surface area contributed by atoms with Gasteiger partial charge in [-0.15, -0.1) is 11.3 Å². The highest BCUT2D eigenvalue weighted by Crippen LogP contribution is 2.31. The summed E-state index contributed by atoms with van der Waals surface area (Å²) in [7, 11) is 0. The van der Waals surface area contributed by atoms with E-state index in [1.807, 2.05) is 0 Å². The third-order valence-corrected chi connectivity index (χ3v) is 4.69. The van der Waals surface area contributed by atoms with Crippen molar-refractivity contribution in [2.45, 2.75) is 26.8 Å². The summed E-state index contributed by atoms with van der Waals surface area (Å²) in [5, 5.41) is 14.2. The molecular formula is C14H15BrN2O2S. The molecular weight excluding hydrogens is 340 g/mol. The zero-order valence-electron chi connectivity index (χ0n) is 11.4. The van der Waals surface area contributed by atoms with Gasteiger partial charge in [0.1, 0.15) is 0 Å². The summed E-state index contributed by atoms with van der Waals surface area (Å²) in [6, 6.07) is 7.31. The number of benzene rings is 1. The first kappa shape index (κ1) is 15.0. The van der Waals surface area contributed by atoms with Crippen molar-refractivity contribution in [1.82, 2.24) is 0 Å². The fourth-order valence-electron chi connectivity index (χ4n) is 2.15. The number of rotatable bonds is 4. The summed E-state index contributed by atoms with van der Waals surface area (Å²) < 4.78 is 0.484. The van der Waals surface area contributed by atoms with Crippen molar-refractivity contribution in [3.8, 4) is 0 Å². The van der Waals surface area contributed by atoms with Gasteiger partial charge in [0.15, 0.2) is 0 Å². The number of hydrogen-bond donors (Lipinski definition) is 1. The maximum absolute atomic E-state index is 10.8. The lowest BCUT2D eigenvalue weighted by Gasteiger charge is -2.15. The van der Waals surface area contributed by atoms with E-state index in [0.29, 0.717) is 4.47 Å². The molecule has 2 aromatic rings. The molecule has 1 N–H and O–H groups in total. The highest BCUT2D eigenvalue weighted by atomic mass is 79.9. The van der Waals surface area contributed by atoms with Crippen LogP contribution in [-0.2, 0) is 0 Å². The van der Waals surface area contributed by atoms with Gasteiger partial charge in [0, 0.05) is 27.5 Å². The van der Waals surface area contributed by atoms with Crippen molar-refractivity contribution < 1.29 is 4.92 Å². The van der Waals surface area contributed by atoms with Crippen LogP contribution in [0.15, 0.2) is 28.7 Å². The lowest BCUT2D eigenvalue weighted by molar-refractivity contribution is -0.385. The molecule has 20 heavy (non-hydrogen) atoms. The zero-order valence-corrected chi connectivity index (χ0v) is 13.8. The van der Waals surface area contributed by atoms with E-state index in [0.717, 1.165) is 5.69 Å². The molecule has 0 bridgehead atoms. The molecule has 0 saturated carbocycles. The number of thiophene rings is 1. The van der Waals surface area contributed by atoms with Gasteiger partial charge in [-0.3, -0.25) is 10.1 Å². The number of nitro benzene ring substituents is 1. The Balaban J connectivity index is 2.20. The summed E-state index contributed by atoms with van der Waals surface area (Å²) in [5.74, 6) is 0. The van der Waals surface area contributed by atoms with Crippen LogP contribution in [-0.4, -0.2) is 4.92 Å². The lowest BCUT2D eigenvalue weighted by atomic mass is 10.1. The molecule has 0 radical (unpaired) electrons. The van der Waals surface area contributed by atoms with Gasteiger partial charge in [-0.25, -0.2) is 0 Å². The molecule has 4 nitrogen and oxygen atoms in total. The predicted octanol–water partition coefficient (Wildman–Crippen LogP) is 5.21. The van der Waals surface area contributed by atoms with Crippen LogP contribution in [0.3, 0.4) is 0 Å². The van der Waals surface area contributed by atoms with Crippen LogP contribution in [0.2, 0.25) is 0 Å². The second-order valence-electron chi connectivity index (χ2n) is 4.66. The summed E-state index contributed by atoms with van der Waals surface area (Å²) in [6.45, 7) is 6.29. The monoisotopic (exact) mass is 354 g/mol. The Kier molecular flexibility index (Phi) is 4.45. The van der Waals surface area contributed by atoms with Crippen LogP contribution >= 0.6 is 27.3 Å². The maximum Gasteiger partial charge on any atom is 0.283 e. The smallest absolute Gasteiger partial charge is 0.283 e. The quantitative estimate of drug-likeness (QED) is 0.605. The van der Waals surface area contributed by atoms with E-state index < -0.39 is 4.92 Å². The molecule has 0 spiro atoms. The second-order valence-corrected chi connectivity index (χ2v) is 6.97. The Morgan fingerprint density at radius 1 is 1.35 bits per heavy atom. The van der Waals surface area contributed by atoms with Gasteiger partial charge in [0.25, 0.3) is 5.69 Å². The topological polar surface area (TPSA) is 55.2 Å². The van der Waals surface area contributed by atoms with E-state index in [2.05, 4.69) is 48.1 Å². The van der Waals surface area contributed by atoms with Crippen molar-refractivity contribution in [2.24, 2.45) is 0 Å². The van der Waals surface area contributed by atoms with Crippen LogP contribution in [0.25, 0.3) is 0 Å². The third kappa shape index (κ3) is 3.19. The van der Waals surface area contributed by atoms with Crippen molar-refractivity contribution in [1.29, 1.82) is 0 Å². The average Bonchev–Trinajstić information content (AvgIpc) is 2.68. The lowest BCUT2D eigenvalue weighted by Crippen LogP contribution is -2.06. The molecule has 1 atom stereocenters. The van der Waals surface area contributed by atoms with Crippen LogP contribution in [0.1, 0.15) is 28.3 Å². The molecule has 0 aliphatic rings. The van der Waals surface area contributed by atoms with Gasteiger partial charge >= 0.3 is 0 Å². The predicted molar refractivity (Wildman–Crippen MR) is 86.6 cm³/mol. The molecule has 1 aromatic heterocycles. The van der Waals surface area contributed by atoms with Gasteiger partial charge in [0.05, 0.1) is 9.40 Å². The van der Waals surface area contributed by atoms with E-state index in [1.165, 1.54) is 21.4 Å². The summed E-state index contributed by atoms with van der Waals surface area (Å²) in [4.78, 5) is 13.0. The minimum Gasteiger partial charge on any atom is -0.378 e. The van der Waals surface area contributed by atoms with Gasteiger partial charge in [-0.2, -0.15) is 0 Å². The molecule has 0 aliphatic carbocycles. The van der Waals surface area contributed by atoms with E-state index >= 15 is 0 Å². The number of aryl methyl sites for hydroxylation is 2. The van der Waals surface area contributed by atoms with Crippen molar-refractivity contribution >= 4 is 38.6 Å². The Bertz CT molecular complexity index is 655. The molecule has 2 rings (SSSR count). The largest absolute Gasteiger partial charge is 0.378 e. The summed E-state index contributed by atoms with van der Waals surface area (Å²) in [6.07, 6.45) is 0. The summed E-state index contributed by atoms with van der Waals surface area (Å²) in [5.41, 5.74) is 2.20. The fraction of sp³-hybridized carbons (Fsp3) is 0.286. The van der Waals surface area contributed by atoms with Crippen molar-refractivity contribution in [2.75, 3.05) is 5.32 Å². The minimum atomic E-state index is -0.399. The Morgan fingerprint density at radius 3 is 2.55 bits per heavy atom. The fourth-order valence-corrected chi connectivity index (χ4v) is 3.70. The zero-order chi connectivity index (χ0) is 14.9. The highest BCUT2D eigenvalue weighted by molar-refractivity contribution is 9.10. The third-order valence-electron chi connectivity index (χ3n) is 3.07. The number of hydrogen-bond acceptors (Lipinski definition) is 4. The van der Waals surface area contributed by atoms with Crippen molar-refractivity contribution in [3.63, 3.8) is 0 Å². The number of nitrogens with zero attached hydrogens (tertiary/aromatic N) is 1. The Labute approximate surface area is 130 Å². The van der Waals surface area contributed by atoms with E-state index in [-0.39, 0.29) is 11.7 Å². The second kappa shape index (κ2) is 5.93. The van der Waals surface area contributed by atoms with Crippen molar-refractivity contribution in [3.05, 3.63) is 54.2 Å². The number of halogens is 1. The molecule has 1 unspecified atom stereocenters. The van der Waals surface area contributed by atoms with E-state index in [9.17, 15) is 10.1 Å². The average molecular weight is 355 g/mol. The first-order chi connectivity index (χ1) is 9.38. The standard InChI is InChI=1S/C14H15BrN2O2S/c1-8-6-12(10(3)20-8)9(2)16-11-4-5-14(17(18)19)13(15)7-11/h4-7,9,16H,1-3H3. The molecule has 1 heterocycles. The maximum atomic E-state index is 10.8. The Hall–Kier alpha value is -1.40. The van der Waals surface area contributed by atoms with Gasteiger partial charge in [-0.1, -0.05) is 0 Å². The van der Waals surface area contributed by atoms with Crippen LogP contribution in [0.4, 0.5) is 11.4 Å². The normalized spacial score (nSPS) is 12.2. The van der Waals surface area contributed by atoms with Gasteiger partial charge < -0.3 is 5.32 Å². The highest BCUT2D eigenvalue weighted by Gasteiger charge is 2.14. The molecule has 1 aromatic carbocycles. The molecule has 0 aliphatic heterocycles. The summed E-state index contributed by atoms with van der Waals surface area (Å²) >= 11 is 5.01. The number of nitro groups is 1. The van der Waals surface area contributed by atoms with Crippen LogP contribution in [0, 0.1) is 24.0 Å². The SMILES string of the molecule is Cc1cc(C(C)Nc2ccc([N+](=O)[O-])c(Br)c2)c(C)s1. The molecule has 0 fully saturated rings. The van der Waals surface area contributed by atoms with Crippen LogP contribution < -0.4 is 5.32 Å². The van der Waals surface area contributed by atoms with Crippen LogP contribution in [0.5, 0.6) is 0 Å². The van der Waals surface area contributed by atoms with Gasteiger partial charge in [0.2, 0.25) is 0 Å². The molecule has 6 heteroatoms. The van der Waals surface area contributed by atoms with E-state index in [1.54, 1.807) is 23.5 Å². The molecule has 106 valence electrons. The Morgan fingerprint density at radius 2 is 2.05 bits per heavy atom. The van der Waals surface area contributed by atoms with Gasteiger partial charge in [-0.05, 0) is 60.5 Å². The number of anilines is 1. The minimum absolute atomic E-state index is 0.0748. The van der Waals surface area contributed by atoms with E-state index in [4.69, 9.17) is 0 Å². The first-order valence-corrected chi connectivity index (χ1v) is 7.77.